The fourth-order valence-corrected chi connectivity index (χ4v) is 3.21. The normalized spacial score (nSPS) is 19.2. The molecule has 3 rings (SSSR count). The topological polar surface area (TPSA) is 72.3 Å². The van der Waals surface area contributed by atoms with E-state index >= 15 is 0 Å². The third-order valence-corrected chi connectivity index (χ3v) is 4.49. The van der Waals surface area contributed by atoms with Crippen LogP contribution in [0, 0.1) is 6.92 Å². The Morgan fingerprint density at radius 2 is 1.64 bits per heavy atom. The van der Waals surface area contributed by atoms with E-state index in [0.717, 1.165) is 16.7 Å². The van der Waals surface area contributed by atoms with Gasteiger partial charge in [0, 0.05) is 18.0 Å². The molecule has 0 spiro atoms. The largest absolute Gasteiger partial charge is 0.508 e. The molecule has 1 aromatic heterocycles. The van der Waals surface area contributed by atoms with Gasteiger partial charge in [0.15, 0.2) is 5.78 Å². The summed E-state index contributed by atoms with van der Waals surface area (Å²) in [6.07, 6.45) is 4.91. The first-order valence-electron chi connectivity index (χ1n) is 8.18. The quantitative estimate of drug-likeness (QED) is 0.900. The van der Waals surface area contributed by atoms with E-state index in [1.165, 1.54) is 6.33 Å². The number of aliphatic hydroxyl groups is 1. The minimum atomic E-state index is -1.01. The maximum absolute atomic E-state index is 13.0. The van der Waals surface area contributed by atoms with Crippen molar-refractivity contribution in [2.45, 2.75) is 45.8 Å². The average molecular weight is 338 g/mol. The number of ether oxygens (including phenoxy) is 1. The van der Waals surface area contributed by atoms with Crippen LogP contribution in [0.25, 0.3) is 16.7 Å². The van der Waals surface area contributed by atoms with Crippen molar-refractivity contribution in [2.75, 3.05) is 0 Å². The zero-order chi connectivity index (χ0) is 18.4. The second-order valence-corrected chi connectivity index (χ2v) is 7.33. The maximum atomic E-state index is 13.0. The molecule has 1 N–H and O–H groups in total. The van der Waals surface area contributed by atoms with Crippen LogP contribution in [0.1, 0.15) is 38.8 Å². The van der Waals surface area contributed by atoms with E-state index in [1.54, 1.807) is 40.1 Å². The number of carbonyl (C=O) groups is 1. The molecule has 1 aliphatic rings. The summed E-state index contributed by atoms with van der Waals surface area (Å²) in [4.78, 5) is 21.1. The van der Waals surface area contributed by atoms with Gasteiger partial charge in [0.1, 0.15) is 23.3 Å². The lowest BCUT2D eigenvalue weighted by Crippen LogP contribution is -2.49. The fraction of sp³-hybridized carbons (Fsp3) is 0.350. The molecule has 0 amide bonds. The van der Waals surface area contributed by atoms with Crippen LogP contribution >= 0.6 is 0 Å². The molecule has 1 aliphatic heterocycles. The predicted octanol–water partition coefficient (Wildman–Crippen LogP) is 3.88. The number of hydrogen-bond acceptors (Lipinski definition) is 5. The molecule has 5 nitrogen and oxygen atoms in total. The number of nitrogens with zero attached hydrogens (tertiary/aromatic N) is 2. The zero-order valence-corrected chi connectivity index (χ0v) is 15.1. The third kappa shape index (κ3) is 2.96. The zero-order valence-electron chi connectivity index (χ0n) is 15.1. The monoisotopic (exact) mass is 338 g/mol. The van der Waals surface area contributed by atoms with Gasteiger partial charge in [-0.05, 0) is 57.4 Å². The Morgan fingerprint density at radius 1 is 1.00 bits per heavy atom. The van der Waals surface area contributed by atoms with Crippen LogP contribution in [0.15, 0.2) is 42.7 Å². The Balaban J connectivity index is 2.23. The molecule has 0 bridgehead atoms. The lowest BCUT2D eigenvalue weighted by Gasteiger charge is -2.40. The van der Waals surface area contributed by atoms with Crippen molar-refractivity contribution in [2.24, 2.45) is 0 Å². The molecule has 0 fully saturated rings. The van der Waals surface area contributed by atoms with Gasteiger partial charge >= 0.3 is 0 Å². The maximum Gasteiger partial charge on any atom is 0.198 e. The van der Waals surface area contributed by atoms with Gasteiger partial charge in [0.05, 0.1) is 5.57 Å². The summed E-state index contributed by atoms with van der Waals surface area (Å²) in [5, 5.41) is 10.7. The number of ketones is 1. The number of aromatic nitrogens is 2. The summed E-state index contributed by atoms with van der Waals surface area (Å²) in [5.41, 5.74) is 1.71. The number of rotatable bonds is 2. The van der Waals surface area contributed by atoms with E-state index < -0.39 is 11.2 Å². The van der Waals surface area contributed by atoms with Crippen LogP contribution in [-0.2, 0) is 9.53 Å². The molecule has 0 aliphatic carbocycles. The van der Waals surface area contributed by atoms with E-state index in [4.69, 9.17) is 4.74 Å². The number of aryl methyl sites for hydroxylation is 1. The van der Waals surface area contributed by atoms with Crippen LogP contribution in [0.3, 0.4) is 0 Å². The van der Waals surface area contributed by atoms with Gasteiger partial charge in [0.2, 0.25) is 0 Å². The standard InChI is InChI=1S/C20H22N2O3/c1-12-6-7-13(14-9-21-11-22-10-14)8-15(12)16-17(23)19(2,3)25-20(4,5)18(16)24/h6-11,23H,1-5H3. The molecule has 0 unspecified atom stereocenters. The minimum absolute atomic E-state index is 0.0404. The highest BCUT2D eigenvalue weighted by atomic mass is 16.5. The van der Waals surface area contributed by atoms with E-state index in [9.17, 15) is 9.90 Å². The number of carbonyl (C=O) groups excluding carboxylic acids is 1. The molecular formula is C20H22N2O3. The van der Waals surface area contributed by atoms with Gasteiger partial charge in [-0.15, -0.1) is 0 Å². The number of hydrogen-bond donors (Lipinski definition) is 1. The van der Waals surface area contributed by atoms with Gasteiger partial charge in [-0.3, -0.25) is 4.79 Å². The molecule has 0 saturated carbocycles. The molecular weight excluding hydrogens is 316 g/mol. The Labute approximate surface area is 147 Å². The SMILES string of the molecule is Cc1ccc(-c2cncnc2)cc1C1=C(O)C(C)(C)OC(C)(C)C1=O. The first-order valence-corrected chi connectivity index (χ1v) is 8.18. The van der Waals surface area contributed by atoms with Gasteiger partial charge in [0.25, 0.3) is 0 Å². The van der Waals surface area contributed by atoms with Gasteiger partial charge < -0.3 is 9.84 Å². The van der Waals surface area contributed by atoms with Crippen LogP contribution in [-0.4, -0.2) is 32.1 Å². The minimum Gasteiger partial charge on any atom is -0.508 e. The van der Waals surface area contributed by atoms with Crippen molar-refractivity contribution in [1.29, 1.82) is 0 Å². The van der Waals surface area contributed by atoms with Crippen molar-refractivity contribution in [3.8, 4) is 11.1 Å². The molecule has 0 atom stereocenters. The van der Waals surface area contributed by atoms with Crippen LogP contribution < -0.4 is 0 Å². The molecule has 2 heterocycles. The Bertz CT molecular complexity index is 868. The van der Waals surface area contributed by atoms with Crippen molar-refractivity contribution < 1.29 is 14.6 Å². The van der Waals surface area contributed by atoms with Gasteiger partial charge in [-0.25, -0.2) is 9.97 Å². The number of aliphatic hydroxyl groups excluding tert-OH is 1. The van der Waals surface area contributed by atoms with Crippen molar-refractivity contribution in [3.63, 3.8) is 0 Å². The van der Waals surface area contributed by atoms with E-state index in [-0.39, 0.29) is 11.5 Å². The van der Waals surface area contributed by atoms with Gasteiger partial charge in [-0.2, -0.15) is 0 Å². The lowest BCUT2D eigenvalue weighted by molar-refractivity contribution is -0.158. The summed E-state index contributed by atoms with van der Waals surface area (Å²) in [6, 6.07) is 5.78. The smallest absolute Gasteiger partial charge is 0.198 e. The Morgan fingerprint density at radius 3 is 2.28 bits per heavy atom. The van der Waals surface area contributed by atoms with Crippen molar-refractivity contribution in [3.05, 3.63) is 53.8 Å². The van der Waals surface area contributed by atoms with Crippen LogP contribution in [0.5, 0.6) is 0 Å². The summed E-state index contributed by atoms with van der Waals surface area (Å²) in [5.74, 6) is -0.268. The summed E-state index contributed by atoms with van der Waals surface area (Å²) < 4.78 is 5.81. The van der Waals surface area contributed by atoms with E-state index in [1.807, 2.05) is 25.1 Å². The van der Waals surface area contributed by atoms with Crippen molar-refractivity contribution >= 4 is 11.4 Å². The summed E-state index contributed by atoms with van der Waals surface area (Å²) >= 11 is 0. The molecule has 25 heavy (non-hydrogen) atoms. The molecule has 0 radical (unpaired) electrons. The highest BCUT2D eigenvalue weighted by Crippen LogP contribution is 2.41. The molecule has 0 saturated heterocycles. The molecule has 1 aromatic carbocycles. The van der Waals surface area contributed by atoms with E-state index in [2.05, 4.69) is 9.97 Å². The first-order chi connectivity index (χ1) is 11.6. The Hall–Kier alpha value is -2.53. The van der Waals surface area contributed by atoms with Crippen LogP contribution in [0.4, 0.5) is 0 Å². The second-order valence-electron chi connectivity index (χ2n) is 7.33. The molecule has 2 aromatic rings. The predicted molar refractivity (Wildman–Crippen MR) is 96.0 cm³/mol. The number of Topliss-reactive ketones (excluding diaryl/α,β-unsaturated/α-hetero) is 1. The fourth-order valence-electron chi connectivity index (χ4n) is 3.21. The summed E-state index contributed by atoms with van der Waals surface area (Å²) in [6.45, 7) is 8.91. The second kappa shape index (κ2) is 5.77. The summed E-state index contributed by atoms with van der Waals surface area (Å²) in [7, 11) is 0. The third-order valence-electron chi connectivity index (χ3n) is 4.49. The van der Waals surface area contributed by atoms with Crippen LogP contribution in [0.2, 0.25) is 0 Å². The van der Waals surface area contributed by atoms with Gasteiger partial charge in [-0.1, -0.05) is 12.1 Å². The van der Waals surface area contributed by atoms with Crippen molar-refractivity contribution in [1.82, 2.24) is 9.97 Å². The lowest BCUT2D eigenvalue weighted by atomic mass is 9.81. The highest BCUT2D eigenvalue weighted by molar-refractivity contribution is 6.26. The molecule has 5 heteroatoms. The highest BCUT2D eigenvalue weighted by Gasteiger charge is 2.47. The Kier molecular flexibility index (Phi) is 4.00. The first kappa shape index (κ1) is 17.3. The molecule has 130 valence electrons. The van der Waals surface area contributed by atoms with E-state index in [0.29, 0.717) is 11.1 Å². The average Bonchev–Trinajstić information content (AvgIpc) is 2.55. The number of benzene rings is 1.